The fraction of sp³-hybridized carbons (Fsp3) is 0.320. The van der Waals surface area contributed by atoms with Gasteiger partial charge in [0, 0.05) is 15.6 Å². The minimum absolute atomic E-state index is 0.0210. The average Bonchev–Trinajstić information content (AvgIpc) is 3.20. The van der Waals surface area contributed by atoms with E-state index in [1.54, 1.807) is 36.4 Å². The number of amides is 2. The van der Waals surface area contributed by atoms with Crippen molar-refractivity contribution in [1.82, 2.24) is 13.8 Å². The Morgan fingerprint density at radius 1 is 1.03 bits per heavy atom. The normalized spacial score (nSPS) is 12.3. The van der Waals surface area contributed by atoms with E-state index in [1.807, 2.05) is 0 Å². The first kappa shape index (κ1) is 30.3. The maximum absolute atomic E-state index is 13.2. The Hall–Kier alpha value is -3.29. The molecule has 0 unspecified atom stereocenters. The van der Waals surface area contributed by atoms with Crippen LogP contribution in [-0.4, -0.2) is 45.4 Å². The summed E-state index contributed by atoms with van der Waals surface area (Å²) in [5, 5.41) is 3.42. The number of esters is 1. The fourth-order valence-electron chi connectivity index (χ4n) is 3.31. The quantitative estimate of drug-likeness (QED) is 0.213. The first-order chi connectivity index (χ1) is 18.7. The fourth-order valence-corrected chi connectivity index (χ4v) is 4.50. The number of nitrogens with one attached hydrogen (secondary N) is 1. The number of nitrogens with zero attached hydrogens (tertiary/aromatic N) is 3. The van der Waals surface area contributed by atoms with E-state index in [0.29, 0.717) is 29.4 Å². The monoisotopic (exact) mass is 594 g/mol. The lowest BCUT2D eigenvalue weighted by atomic mass is 10.1. The molecule has 0 aliphatic heterocycles. The largest absolute Gasteiger partial charge is 0.442 e. The van der Waals surface area contributed by atoms with Crippen molar-refractivity contribution < 1.29 is 19.1 Å². The molecule has 39 heavy (non-hydrogen) atoms. The SMILES string of the molecule is NCCCC[C@H](N)C(=O)NCC(=O)OCn1c(=NC(=O)c2ccc(Cl)cc2)sn(Cc2ccc(Cl)cc2)c1=O. The van der Waals surface area contributed by atoms with Crippen LogP contribution in [0.15, 0.2) is 58.3 Å². The second-order valence-electron chi connectivity index (χ2n) is 8.43. The Labute approximate surface area is 238 Å². The Kier molecular flexibility index (Phi) is 11.4. The van der Waals surface area contributed by atoms with E-state index >= 15 is 0 Å². The summed E-state index contributed by atoms with van der Waals surface area (Å²) in [6.45, 7) is -0.282. The van der Waals surface area contributed by atoms with E-state index in [2.05, 4.69) is 10.3 Å². The lowest BCUT2D eigenvalue weighted by Crippen LogP contribution is -2.43. The number of halogens is 2. The summed E-state index contributed by atoms with van der Waals surface area (Å²) in [4.78, 5) is 54.4. The van der Waals surface area contributed by atoms with Crippen LogP contribution in [0.3, 0.4) is 0 Å². The zero-order valence-corrected chi connectivity index (χ0v) is 23.2. The predicted octanol–water partition coefficient (Wildman–Crippen LogP) is 1.88. The number of unbranched alkanes of at least 4 members (excludes halogenated alkanes) is 1. The molecule has 208 valence electrons. The van der Waals surface area contributed by atoms with Crippen LogP contribution in [0.1, 0.15) is 35.2 Å². The third-order valence-electron chi connectivity index (χ3n) is 5.46. The predicted molar refractivity (Wildman–Crippen MR) is 148 cm³/mol. The van der Waals surface area contributed by atoms with Crippen molar-refractivity contribution in [2.24, 2.45) is 16.5 Å². The first-order valence-electron chi connectivity index (χ1n) is 12.0. The summed E-state index contributed by atoms with van der Waals surface area (Å²) >= 11 is 12.8. The molecule has 2 aromatic carbocycles. The number of benzene rings is 2. The smallest absolute Gasteiger partial charge is 0.342 e. The molecule has 14 heteroatoms. The molecule has 1 heterocycles. The van der Waals surface area contributed by atoms with Crippen LogP contribution in [0.5, 0.6) is 0 Å². The van der Waals surface area contributed by atoms with Crippen LogP contribution in [0.2, 0.25) is 10.0 Å². The number of ether oxygens (including phenoxy) is 1. The summed E-state index contributed by atoms with van der Waals surface area (Å²) in [5.41, 5.74) is 11.8. The molecule has 0 radical (unpaired) electrons. The molecule has 3 aromatic rings. The molecule has 5 N–H and O–H groups in total. The van der Waals surface area contributed by atoms with E-state index in [0.717, 1.165) is 28.1 Å². The summed E-state index contributed by atoms with van der Waals surface area (Å²) in [7, 11) is 0. The van der Waals surface area contributed by atoms with Crippen LogP contribution in [0.25, 0.3) is 0 Å². The highest BCUT2D eigenvalue weighted by Crippen LogP contribution is 2.12. The highest BCUT2D eigenvalue weighted by atomic mass is 35.5. The van der Waals surface area contributed by atoms with Gasteiger partial charge in [0.2, 0.25) is 10.7 Å². The van der Waals surface area contributed by atoms with Gasteiger partial charge in [0.25, 0.3) is 5.91 Å². The molecule has 0 aliphatic carbocycles. The molecule has 0 aliphatic rings. The highest BCUT2D eigenvalue weighted by Gasteiger charge is 2.16. The third kappa shape index (κ3) is 9.15. The van der Waals surface area contributed by atoms with Crippen LogP contribution < -0.4 is 27.3 Å². The summed E-state index contributed by atoms with van der Waals surface area (Å²) in [6, 6.07) is 12.2. The van der Waals surface area contributed by atoms with Gasteiger partial charge in [-0.2, -0.15) is 4.99 Å². The van der Waals surface area contributed by atoms with Crippen LogP contribution in [-0.2, 0) is 27.6 Å². The van der Waals surface area contributed by atoms with Gasteiger partial charge < -0.3 is 21.5 Å². The van der Waals surface area contributed by atoms with Gasteiger partial charge in [0.15, 0.2) is 6.73 Å². The molecular formula is C25H28Cl2N6O5S. The number of carbonyl (C=O) groups excluding carboxylic acids is 3. The minimum Gasteiger partial charge on any atom is -0.442 e. The maximum atomic E-state index is 13.2. The van der Waals surface area contributed by atoms with Crippen molar-refractivity contribution in [1.29, 1.82) is 0 Å². The number of hydrogen-bond donors (Lipinski definition) is 3. The molecule has 0 saturated carbocycles. The minimum atomic E-state index is -0.796. The second-order valence-corrected chi connectivity index (χ2v) is 10.3. The molecule has 0 spiro atoms. The summed E-state index contributed by atoms with van der Waals surface area (Å²) in [5.74, 6) is -1.90. The van der Waals surface area contributed by atoms with Gasteiger partial charge in [0.05, 0.1) is 12.6 Å². The maximum Gasteiger partial charge on any atom is 0.342 e. The van der Waals surface area contributed by atoms with E-state index in [-0.39, 0.29) is 16.9 Å². The van der Waals surface area contributed by atoms with E-state index < -0.39 is 42.8 Å². The molecular weight excluding hydrogens is 567 g/mol. The standard InChI is InChI=1S/C25H28Cl2N6O5S/c26-18-8-4-16(5-9-18)14-33-25(37)32(24(39-33)31-22(35)17-6-10-19(27)11-7-17)15-38-21(34)13-30-23(36)20(29)3-1-2-12-28/h4-11,20H,1-3,12-15,28-29H2,(H,30,36)/t20-/m0/s1. The number of hydrogen-bond acceptors (Lipinski definition) is 8. The lowest BCUT2D eigenvalue weighted by molar-refractivity contribution is -0.147. The van der Waals surface area contributed by atoms with Crippen LogP contribution in [0, 0.1) is 0 Å². The second kappa shape index (κ2) is 14.8. The van der Waals surface area contributed by atoms with Gasteiger partial charge in [-0.1, -0.05) is 41.8 Å². The van der Waals surface area contributed by atoms with Gasteiger partial charge in [-0.05, 0) is 72.9 Å². The first-order valence-corrected chi connectivity index (χ1v) is 13.5. The van der Waals surface area contributed by atoms with Gasteiger partial charge in [-0.25, -0.2) is 13.3 Å². The summed E-state index contributed by atoms with van der Waals surface area (Å²) in [6.07, 6.45) is 1.86. The molecule has 0 saturated heterocycles. The van der Waals surface area contributed by atoms with Crippen LogP contribution >= 0.6 is 34.7 Å². The summed E-state index contributed by atoms with van der Waals surface area (Å²) < 4.78 is 7.63. The van der Waals surface area contributed by atoms with Crippen molar-refractivity contribution in [2.75, 3.05) is 13.1 Å². The molecule has 2 amide bonds. The van der Waals surface area contributed by atoms with Crippen molar-refractivity contribution >= 4 is 52.5 Å². The lowest BCUT2D eigenvalue weighted by Gasteiger charge is -2.11. The van der Waals surface area contributed by atoms with Crippen molar-refractivity contribution in [3.63, 3.8) is 0 Å². The van der Waals surface area contributed by atoms with Gasteiger partial charge in [0.1, 0.15) is 6.54 Å². The zero-order chi connectivity index (χ0) is 28.4. The Morgan fingerprint density at radius 2 is 1.67 bits per heavy atom. The third-order valence-corrected chi connectivity index (χ3v) is 6.95. The molecule has 3 rings (SSSR count). The molecule has 0 fully saturated rings. The number of carbonyl (C=O) groups is 3. The molecule has 11 nitrogen and oxygen atoms in total. The molecule has 1 aromatic heterocycles. The topological polar surface area (TPSA) is 164 Å². The van der Waals surface area contributed by atoms with Crippen molar-refractivity contribution in [2.45, 2.75) is 38.6 Å². The Balaban J connectivity index is 1.76. The highest BCUT2D eigenvalue weighted by molar-refractivity contribution is 7.03. The Bertz CT molecular complexity index is 1420. The molecule has 1 atom stereocenters. The van der Waals surface area contributed by atoms with Gasteiger partial charge in [-0.15, -0.1) is 0 Å². The van der Waals surface area contributed by atoms with E-state index in [9.17, 15) is 19.2 Å². The van der Waals surface area contributed by atoms with Crippen LogP contribution in [0.4, 0.5) is 0 Å². The van der Waals surface area contributed by atoms with Gasteiger partial charge in [-0.3, -0.25) is 14.4 Å². The number of aromatic nitrogens is 2. The van der Waals surface area contributed by atoms with Crippen molar-refractivity contribution in [3.8, 4) is 0 Å². The van der Waals surface area contributed by atoms with E-state index in [1.165, 1.54) is 16.1 Å². The van der Waals surface area contributed by atoms with Crippen molar-refractivity contribution in [3.05, 3.63) is 85.0 Å². The average molecular weight is 596 g/mol. The number of nitrogens with two attached hydrogens (primary N) is 2. The molecule has 0 bridgehead atoms. The number of rotatable bonds is 12. The zero-order valence-electron chi connectivity index (χ0n) is 20.8. The Morgan fingerprint density at radius 3 is 2.31 bits per heavy atom. The van der Waals surface area contributed by atoms with E-state index in [4.69, 9.17) is 39.4 Å². The van der Waals surface area contributed by atoms with Gasteiger partial charge >= 0.3 is 11.7 Å².